The number of amides is 1. The maximum Gasteiger partial charge on any atom is 0.261 e. The number of carbonyl (C=O) groups excluding carboxylic acids is 1. The largest absolute Gasteiger partial charge is 0.484 e. The van der Waals surface area contributed by atoms with Crippen LogP contribution >= 0.6 is 23.2 Å². The number of fused-ring (bicyclic) bond motifs is 1. The number of rotatable bonds is 7. The molecule has 0 aliphatic carbocycles. The second-order valence-electron chi connectivity index (χ2n) is 9.38. The molecule has 4 rings (SSSR count). The Balaban J connectivity index is 1.56. The Hall–Kier alpha value is -3.07. The topological polar surface area (TPSA) is 102 Å². The van der Waals surface area contributed by atoms with Crippen LogP contribution in [0.15, 0.2) is 53.3 Å². The van der Waals surface area contributed by atoms with E-state index in [2.05, 4.69) is 5.32 Å². The van der Waals surface area contributed by atoms with Gasteiger partial charge in [0.1, 0.15) is 5.75 Å². The lowest BCUT2D eigenvalue weighted by atomic mass is 10.1. The molecule has 0 bridgehead atoms. The van der Waals surface area contributed by atoms with Gasteiger partial charge in [0.25, 0.3) is 11.5 Å². The van der Waals surface area contributed by atoms with E-state index in [1.54, 1.807) is 43.0 Å². The number of anilines is 1. The van der Waals surface area contributed by atoms with Gasteiger partial charge in [-0.1, -0.05) is 35.3 Å². The summed E-state index contributed by atoms with van der Waals surface area (Å²) in [6, 6.07) is 14.1. The van der Waals surface area contributed by atoms with Gasteiger partial charge in [-0.15, -0.1) is 0 Å². The Bertz CT molecular complexity index is 1300. The number of nitrogens with zero attached hydrogens (tertiary/aromatic N) is 3. The van der Waals surface area contributed by atoms with Crippen molar-refractivity contribution in [3.05, 3.63) is 85.8 Å². The minimum atomic E-state index is -1.02. The van der Waals surface area contributed by atoms with Crippen LogP contribution in [-0.4, -0.2) is 33.5 Å². The summed E-state index contributed by atoms with van der Waals surface area (Å²) in [5, 5.41) is 4.57. The zero-order chi connectivity index (χ0) is 26.0. The molecule has 0 radical (unpaired) electrons. The predicted molar refractivity (Wildman–Crippen MR) is 142 cm³/mol. The number of hydrogen-bond acceptors (Lipinski definition) is 6. The van der Waals surface area contributed by atoms with Crippen LogP contribution < -0.4 is 21.3 Å². The van der Waals surface area contributed by atoms with Crippen LogP contribution in [0, 0.1) is 0 Å². The lowest BCUT2D eigenvalue weighted by molar-refractivity contribution is -0.134. The minimum Gasteiger partial charge on any atom is -0.484 e. The van der Waals surface area contributed by atoms with E-state index < -0.39 is 5.66 Å². The van der Waals surface area contributed by atoms with Gasteiger partial charge in [0, 0.05) is 23.0 Å². The molecule has 0 saturated heterocycles. The highest BCUT2D eigenvalue weighted by molar-refractivity contribution is 6.30. The average Bonchev–Trinajstić information content (AvgIpc) is 2.83. The first-order valence-corrected chi connectivity index (χ1v) is 12.4. The third-order valence-corrected chi connectivity index (χ3v) is 6.55. The number of nitrogens with two attached hydrogens (primary N) is 1. The normalized spacial score (nSPS) is 14.2. The molecule has 0 saturated carbocycles. The molecule has 1 aliphatic rings. The van der Waals surface area contributed by atoms with Gasteiger partial charge in [-0.05, 0) is 62.7 Å². The van der Waals surface area contributed by atoms with Gasteiger partial charge in [-0.2, -0.15) is 0 Å². The fraction of sp³-hybridized carbons (Fsp3) is 0.346. The summed E-state index contributed by atoms with van der Waals surface area (Å²) in [5.74, 6) is 0.719. The molecule has 190 valence electrons. The monoisotopic (exact) mass is 529 g/mol. The van der Waals surface area contributed by atoms with E-state index in [4.69, 9.17) is 38.7 Å². The smallest absolute Gasteiger partial charge is 0.261 e. The van der Waals surface area contributed by atoms with E-state index in [1.165, 1.54) is 4.57 Å². The van der Waals surface area contributed by atoms with Crippen molar-refractivity contribution in [2.75, 3.05) is 18.5 Å². The third-order valence-electron chi connectivity index (χ3n) is 6.05. The average molecular weight is 530 g/mol. The van der Waals surface area contributed by atoms with E-state index in [9.17, 15) is 9.59 Å². The van der Waals surface area contributed by atoms with Crippen LogP contribution in [0.25, 0.3) is 0 Å². The fourth-order valence-corrected chi connectivity index (χ4v) is 4.37. The molecule has 36 heavy (non-hydrogen) atoms. The number of halogens is 2. The zero-order valence-electron chi connectivity index (χ0n) is 20.4. The van der Waals surface area contributed by atoms with Crippen LogP contribution in [-0.2, 0) is 23.4 Å². The predicted octanol–water partition coefficient (Wildman–Crippen LogP) is 4.34. The molecular weight excluding hydrogens is 501 g/mol. The molecule has 0 spiro atoms. The lowest BCUT2D eigenvalue weighted by Crippen LogP contribution is -2.49. The number of carbonyl (C=O) groups is 1. The molecule has 0 fully saturated rings. The summed E-state index contributed by atoms with van der Waals surface area (Å²) < 4.78 is 7.05. The van der Waals surface area contributed by atoms with E-state index in [-0.39, 0.29) is 30.7 Å². The lowest BCUT2D eigenvalue weighted by Gasteiger charge is -2.32. The molecule has 1 aromatic heterocycles. The summed E-state index contributed by atoms with van der Waals surface area (Å²) in [6.07, 6.45) is 0.451. The van der Waals surface area contributed by atoms with Gasteiger partial charge in [0.05, 0.1) is 29.5 Å². The number of hydrogen-bond donors (Lipinski definition) is 2. The summed E-state index contributed by atoms with van der Waals surface area (Å²) >= 11 is 11.9. The molecule has 3 N–H and O–H groups in total. The number of benzene rings is 2. The van der Waals surface area contributed by atoms with Crippen molar-refractivity contribution in [3.8, 4) is 5.75 Å². The molecule has 1 atom stereocenters. The Kier molecular flexibility index (Phi) is 7.59. The Morgan fingerprint density at radius 1 is 1.14 bits per heavy atom. The first kappa shape index (κ1) is 26.0. The van der Waals surface area contributed by atoms with E-state index >= 15 is 0 Å². The van der Waals surface area contributed by atoms with Gasteiger partial charge in [0.15, 0.2) is 6.61 Å². The summed E-state index contributed by atoms with van der Waals surface area (Å²) in [6.45, 7) is 5.90. The van der Waals surface area contributed by atoms with Crippen LogP contribution in [0.5, 0.6) is 5.75 Å². The van der Waals surface area contributed by atoms with Gasteiger partial charge < -0.3 is 20.7 Å². The molecule has 1 amide bonds. The number of aromatic nitrogens is 2. The number of nitrogens with one attached hydrogen (secondary N) is 1. The van der Waals surface area contributed by atoms with Gasteiger partial charge in [-0.25, -0.2) is 4.98 Å². The maximum atomic E-state index is 13.6. The van der Waals surface area contributed by atoms with Gasteiger partial charge in [-0.3, -0.25) is 14.2 Å². The quantitative estimate of drug-likeness (QED) is 0.471. The Labute approximate surface area is 220 Å². The van der Waals surface area contributed by atoms with E-state index in [0.717, 1.165) is 5.56 Å². The summed E-state index contributed by atoms with van der Waals surface area (Å²) in [7, 11) is 0. The fourth-order valence-electron chi connectivity index (χ4n) is 4.12. The first-order valence-electron chi connectivity index (χ1n) is 11.6. The number of ether oxygens (including phenoxy) is 1. The minimum absolute atomic E-state index is 0.140. The first-order chi connectivity index (χ1) is 17.0. The molecule has 0 unspecified atom stereocenters. The molecule has 2 aromatic carbocycles. The highest BCUT2D eigenvalue weighted by Crippen LogP contribution is 2.24. The highest BCUT2D eigenvalue weighted by Gasteiger charge is 2.30. The van der Waals surface area contributed by atoms with Crippen molar-refractivity contribution < 1.29 is 9.53 Å². The van der Waals surface area contributed by atoms with Crippen LogP contribution in [0.4, 0.5) is 5.95 Å². The van der Waals surface area contributed by atoms with E-state index in [0.29, 0.717) is 46.0 Å². The SMILES string of the molecule is C[C@H](Nc1nc2c(c(=O)n1C(C)(C)N)CN(C(=O)COc1ccc(Cl)cc1)CC2)c1ccc(Cl)cc1. The second kappa shape index (κ2) is 10.5. The van der Waals surface area contributed by atoms with Crippen molar-refractivity contribution in [1.82, 2.24) is 14.5 Å². The van der Waals surface area contributed by atoms with Crippen molar-refractivity contribution in [1.29, 1.82) is 0 Å². The second-order valence-corrected chi connectivity index (χ2v) is 10.3. The Morgan fingerprint density at radius 2 is 1.75 bits per heavy atom. The zero-order valence-corrected chi connectivity index (χ0v) is 21.9. The third kappa shape index (κ3) is 5.83. The van der Waals surface area contributed by atoms with Crippen LogP contribution in [0.2, 0.25) is 10.0 Å². The Morgan fingerprint density at radius 3 is 2.36 bits per heavy atom. The highest BCUT2D eigenvalue weighted by atomic mass is 35.5. The molecule has 8 nitrogen and oxygen atoms in total. The maximum absolute atomic E-state index is 13.6. The summed E-state index contributed by atoms with van der Waals surface area (Å²) in [5.41, 5.74) is 7.22. The van der Waals surface area contributed by atoms with Crippen molar-refractivity contribution in [2.24, 2.45) is 5.73 Å². The van der Waals surface area contributed by atoms with Crippen molar-refractivity contribution in [2.45, 2.75) is 45.4 Å². The standard InChI is InChI=1S/C26H29Cl2N5O3/c1-16(17-4-6-18(27)7-5-17)30-25-31-22-12-13-32(14-21(22)24(35)33(25)26(2,3)29)23(34)15-36-20-10-8-19(28)9-11-20/h4-11,16H,12-15,29H2,1-3H3,(H,30,31)/t16-/m0/s1. The molecule has 3 aromatic rings. The van der Waals surface area contributed by atoms with Crippen LogP contribution in [0.3, 0.4) is 0 Å². The molecule has 10 heteroatoms. The van der Waals surface area contributed by atoms with Crippen molar-refractivity contribution >= 4 is 35.1 Å². The molecule has 1 aliphatic heterocycles. The van der Waals surface area contributed by atoms with Gasteiger partial charge >= 0.3 is 0 Å². The summed E-state index contributed by atoms with van der Waals surface area (Å²) in [4.78, 5) is 32.9. The van der Waals surface area contributed by atoms with E-state index in [1.807, 2.05) is 31.2 Å². The van der Waals surface area contributed by atoms with Crippen molar-refractivity contribution in [3.63, 3.8) is 0 Å². The molecular formula is C26H29Cl2N5O3. The van der Waals surface area contributed by atoms with Crippen LogP contribution in [0.1, 0.15) is 43.6 Å². The molecule has 2 heterocycles. The van der Waals surface area contributed by atoms with Gasteiger partial charge in [0.2, 0.25) is 5.95 Å².